The monoisotopic (exact) mass is 612 g/mol. The molecule has 1 aromatic heterocycles. The van der Waals surface area contributed by atoms with Gasteiger partial charge in [-0.1, -0.05) is 60.1 Å². The highest BCUT2D eigenvalue weighted by Crippen LogP contribution is 2.36. The molecule has 2 fully saturated rings. The molecule has 2 N–H and O–H groups in total. The number of amides is 4. The zero-order chi connectivity index (χ0) is 31.0. The molecule has 3 aromatic carbocycles. The van der Waals surface area contributed by atoms with Gasteiger partial charge in [0.25, 0.3) is 0 Å². The fraction of sp³-hybridized carbons (Fsp3) is 0.273. The van der Waals surface area contributed by atoms with Crippen LogP contribution in [0.15, 0.2) is 85.1 Å². The molecule has 6 rings (SSSR count). The zero-order valence-corrected chi connectivity index (χ0v) is 25.2. The summed E-state index contributed by atoms with van der Waals surface area (Å²) in [6, 6.07) is 21.9. The Hall–Kier alpha value is -4.67. The van der Waals surface area contributed by atoms with E-state index in [1.807, 2.05) is 55.5 Å². The van der Waals surface area contributed by atoms with Crippen molar-refractivity contribution in [1.29, 1.82) is 0 Å². The molecular weight excluding hydrogens is 580 g/mol. The van der Waals surface area contributed by atoms with Gasteiger partial charge in [0.15, 0.2) is 0 Å². The molecule has 4 amide bonds. The summed E-state index contributed by atoms with van der Waals surface area (Å²) >= 11 is 6.48. The number of benzene rings is 3. The average molecular weight is 613 g/mol. The summed E-state index contributed by atoms with van der Waals surface area (Å²) < 4.78 is 0. The molecule has 0 bridgehead atoms. The number of nitrogens with zero attached hydrogens (tertiary/aromatic N) is 5. The Morgan fingerprint density at radius 2 is 1.77 bits per heavy atom. The maximum atomic E-state index is 14.4. The van der Waals surface area contributed by atoms with Gasteiger partial charge in [-0.2, -0.15) is 0 Å². The molecule has 44 heavy (non-hydrogen) atoms. The molecule has 0 aliphatic carbocycles. The van der Waals surface area contributed by atoms with Crippen LogP contribution in [0.4, 0.5) is 4.79 Å². The standard InChI is InChI=1S/C33H33ClN6O4/c1-21(25-14-15-27(34)26-9-6-16-35-31(25)26)38-19-29-39(28(32(38)43)17-22-10-12-24(41)13-11-22)30(42)20-37(2)40(29)33(44)36-18-23-7-4-3-5-8-23/h3-16,21,28-29,41H,17-20H2,1-2H3,(H,36,44)/t21-,28-,29?/m0/s1. The van der Waals surface area contributed by atoms with E-state index in [1.54, 1.807) is 63.4 Å². The SMILES string of the molecule is C[C@@H](c1ccc(Cl)c2cccnc12)N1CC2N(C(=O)CN(C)N2C(=O)NCc2ccccc2)[C@@H](Cc2ccc(O)cc2)C1=O. The molecule has 0 saturated carbocycles. The first-order valence-electron chi connectivity index (χ1n) is 14.5. The van der Waals surface area contributed by atoms with Crippen molar-refractivity contribution in [3.8, 4) is 5.75 Å². The minimum Gasteiger partial charge on any atom is -0.508 e. The minimum absolute atomic E-state index is 0.0596. The van der Waals surface area contributed by atoms with E-state index in [9.17, 15) is 19.5 Å². The summed E-state index contributed by atoms with van der Waals surface area (Å²) in [4.78, 5) is 49.7. The maximum absolute atomic E-state index is 14.4. The summed E-state index contributed by atoms with van der Waals surface area (Å²) in [6.45, 7) is 2.27. The van der Waals surface area contributed by atoms with E-state index >= 15 is 0 Å². The lowest BCUT2D eigenvalue weighted by atomic mass is 9.95. The highest BCUT2D eigenvalue weighted by molar-refractivity contribution is 6.35. The van der Waals surface area contributed by atoms with E-state index in [2.05, 4.69) is 10.3 Å². The first-order chi connectivity index (χ1) is 21.2. The first kappa shape index (κ1) is 29.4. The Bertz CT molecular complexity index is 1700. The minimum atomic E-state index is -0.877. The summed E-state index contributed by atoms with van der Waals surface area (Å²) in [6.07, 6.45) is 1.15. The zero-order valence-electron chi connectivity index (χ0n) is 24.4. The molecule has 10 nitrogen and oxygen atoms in total. The molecule has 2 aliphatic heterocycles. The second-order valence-electron chi connectivity index (χ2n) is 11.2. The molecule has 0 spiro atoms. The Morgan fingerprint density at radius 1 is 1.02 bits per heavy atom. The number of aromatic hydroxyl groups is 1. The van der Waals surface area contributed by atoms with Gasteiger partial charge in [-0.25, -0.2) is 14.8 Å². The lowest BCUT2D eigenvalue weighted by Gasteiger charge is -2.55. The second-order valence-corrected chi connectivity index (χ2v) is 11.6. The van der Waals surface area contributed by atoms with Crippen molar-refractivity contribution in [1.82, 2.24) is 30.1 Å². The van der Waals surface area contributed by atoms with Crippen molar-refractivity contribution in [2.24, 2.45) is 0 Å². The Kier molecular flexibility index (Phi) is 8.11. The maximum Gasteiger partial charge on any atom is 0.334 e. The smallest absolute Gasteiger partial charge is 0.334 e. The van der Waals surface area contributed by atoms with Crippen LogP contribution in [-0.4, -0.2) is 80.1 Å². The fourth-order valence-electron chi connectivity index (χ4n) is 6.19. The van der Waals surface area contributed by atoms with Crippen LogP contribution in [0, 0.1) is 0 Å². The number of urea groups is 1. The van der Waals surface area contributed by atoms with Gasteiger partial charge in [0, 0.05) is 42.2 Å². The molecule has 1 unspecified atom stereocenters. The average Bonchev–Trinajstić information content (AvgIpc) is 3.02. The molecule has 2 saturated heterocycles. The van der Waals surface area contributed by atoms with Gasteiger partial charge < -0.3 is 20.2 Å². The molecule has 2 aliphatic rings. The lowest BCUT2D eigenvalue weighted by molar-refractivity contribution is -0.189. The largest absolute Gasteiger partial charge is 0.508 e. The predicted octanol–water partition coefficient (Wildman–Crippen LogP) is 4.34. The number of hydrogen-bond donors (Lipinski definition) is 2. The van der Waals surface area contributed by atoms with Crippen LogP contribution in [0.2, 0.25) is 5.02 Å². The molecule has 4 aromatic rings. The number of pyridine rings is 1. The van der Waals surface area contributed by atoms with E-state index in [0.29, 0.717) is 17.1 Å². The van der Waals surface area contributed by atoms with Gasteiger partial charge in [-0.3, -0.25) is 14.6 Å². The number of fused-ring (bicyclic) bond motifs is 2. The van der Waals surface area contributed by atoms with E-state index in [1.165, 1.54) is 0 Å². The van der Waals surface area contributed by atoms with Crippen LogP contribution < -0.4 is 5.32 Å². The van der Waals surface area contributed by atoms with Crippen LogP contribution in [0.1, 0.15) is 29.7 Å². The quantitative estimate of drug-likeness (QED) is 0.335. The van der Waals surface area contributed by atoms with Crippen molar-refractivity contribution in [3.05, 3.63) is 107 Å². The Morgan fingerprint density at radius 3 is 2.52 bits per heavy atom. The van der Waals surface area contributed by atoms with Crippen molar-refractivity contribution in [3.63, 3.8) is 0 Å². The number of aromatic nitrogens is 1. The molecule has 226 valence electrons. The molecule has 3 heterocycles. The Labute approximate surface area is 260 Å². The van der Waals surface area contributed by atoms with E-state index < -0.39 is 18.2 Å². The molecular formula is C33H33ClN6O4. The van der Waals surface area contributed by atoms with E-state index in [0.717, 1.165) is 22.1 Å². The highest BCUT2D eigenvalue weighted by atomic mass is 35.5. The van der Waals surface area contributed by atoms with E-state index in [-0.39, 0.29) is 43.1 Å². The van der Waals surface area contributed by atoms with Gasteiger partial charge in [0.2, 0.25) is 11.8 Å². The van der Waals surface area contributed by atoms with Crippen LogP contribution in [-0.2, 0) is 22.6 Å². The van der Waals surface area contributed by atoms with Crippen molar-refractivity contribution in [2.45, 2.75) is 38.1 Å². The molecule has 11 heteroatoms. The topological polar surface area (TPSA) is 109 Å². The summed E-state index contributed by atoms with van der Waals surface area (Å²) in [5, 5.41) is 17.3. The van der Waals surface area contributed by atoms with E-state index in [4.69, 9.17) is 11.6 Å². The highest BCUT2D eigenvalue weighted by Gasteiger charge is 2.51. The van der Waals surface area contributed by atoms with Gasteiger partial charge in [0.1, 0.15) is 18.0 Å². The van der Waals surface area contributed by atoms with Crippen LogP contribution in [0.3, 0.4) is 0 Å². The van der Waals surface area contributed by atoms with Crippen LogP contribution in [0.5, 0.6) is 5.75 Å². The summed E-state index contributed by atoms with van der Waals surface area (Å²) in [7, 11) is 1.70. The normalized spacial score (nSPS) is 19.7. The number of piperazine rings is 1. The van der Waals surface area contributed by atoms with Crippen LogP contribution in [0.25, 0.3) is 10.9 Å². The number of hydrazine groups is 1. The number of carbonyl (C=O) groups excluding carboxylic acids is 3. The fourth-order valence-corrected chi connectivity index (χ4v) is 6.40. The number of rotatable bonds is 6. The first-order valence-corrected chi connectivity index (χ1v) is 14.9. The van der Waals surface area contributed by atoms with Crippen LogP contribution >= 0.6 is 11.6 Å². The summed E-state index contributed by atoms with van der Waals surface area (Å²) in [5.74, 6) is -0.369. The number of phenols is 1. The molecule has 3 atom stereocenters. The van der Waals surface area contributed by atoms with Gasteiger partial charge in [-0.15, -0.1) is 0 Å². The third kappa shape index (κ3) is 5.54. The summed E-state index contributed by atoms with van der Waals surface area (Å²) in [5.41, 5.74) is 3.22. The number of carbonyl (C=O) groups is 3. The van der Waals surface area contributed by atoms with Crippen molar-refractivity contribution in [2.75, 3.05) is 20.1 Å². The number of likely N-dealkylation sites (N-methyl/N-ethyl adjacent to an activating group) is 1. The third-order valence-electron chi connectivity index (χ3n) is 8.41. The molecule has 0 radical (unpaired) electrons. The number of hydrogen-bond acceptors (Lipinski definition) is 6. The Balaban J connectivity index is 1.38. The van der Waals surface area contributed by atoms with Gasteiger partial charge in [0.05, 0.1) is 24.6 Å². The number of nitrogens with one attached hydrogen (secondary N) is 1. The number of phenolic OH excluding ortho intramolecular Hbond substituents is 1. The lowest BCUT2D eigenvalue weighted by Crippen LogP contribution is -2.76. The van der Waals surface area contributed by atoms with Gasteiger partial charge >= 0.3 is 6.03 Å². The third-order valence-corrected chi connectivity index (χ3v) is 8.74. The predicted molar refractivity (Wildman–Crippen MR) is 166 cm³/mol. The van der Waals surface area contributed by atoms with Crippen molar-refractivity contribution >= 4 is 40.3 Å². The van der Waals surface area contributed by atoms with Gasteiger partial charge in [-0.05, 0) is 48.4 Å². The van der Waals surface area contributed by atoms with Crippen molar-refractivity contribution < 1.29 is 19.5 Å². The number of halogens is 1. The second kappa shape index (κ2) is 12.1.